The average Bonchev–Trinajstić information content (AvgIpc) is 2.36. The summed E-state index contributed by atoms with van der Waals surface area (Å²) >= 11 is 0. The Balaban J connectivity index is 2.23. The van der Waals surface area contributed by atoms with Crippen molar-refractivity contribution >= 4 is 12.1 Å². The molecule has 0 spiro atoms. The highest BCUT2D eigenvalue weighted by molar-refractivity contribution is 5.78. The van der Waals surface area contributed by atoms with Crippen molar-refractivity contribution in [2.75, 3.05) is 6.61 Å². The van der Waals surface area contributed by atoms with Gasteiger partial charge in [-0.2, -0.15) is 5.10 Å². The quantitative estimate of drug-likeness (QED) is 0.458. The van der Waals surface area contributed by atoms with Crippen molar-refractivity contribution in [1.29, 1.82) is 0 Å². The van der Waals surface area contributed by atoms with E-state index in [-0.39, 0.29) is 12.5 Å². The summed E-state index contributed by atoms with van der Waals surface area (Å²) in [6.07, 6.45) is 4.80. The molecule has 0 fully saturated rings. The lowest BCUT2D eigenvalue weighted by Gasteiger charge is -2.05. The van der Waals surface area contributed by atoms with Crippen molar-refractivity contribution in [3.8, 4) is 5.75 Å². The highest BCUT2D eigenvalue weighted by atomic mass is 16.5. The van der Waals surface area contributed by atoms with Gasteiger partial charge in [-0.15, -0.1) is 0 Å². The molecule has 0 heterocycles. The van der Waals surface area contributed by atoms with Gasteiger partial charge in [-0.3, -0.25) is 4.79 Å². The van der Waals surface area contributed by atoms with E-state index < -0.39 is 0 Å². The van der Waals surface area contributed by atoms with Crippen LogP contribution in [0.5, 0.6) is 5.75 Å². The summed E-state index contributed by atoms with van der Waals surface area (Å²) in [6, 6.07) is 7.58. The lowest BCUT2D eigenvalue weighted by atomic mass is 10.2. The SMILES string of the molecule is CCCC/C=N/NC(=O)COc1cccc(C)c1. The van der Waals surface area contributed by atoms with E-state index in [9.17, 15) is 4.79 Å². The van der Waals surface area contributed by atoms with Crippen molar-refractivity contribution < 1.29 is 9.53 Å². The molecule has 0 aliphatic rings. The summed E-state index contributed by atoms with van der Waals surface area (Å²) in [6.45, 7) is 4.07. The molecule has 1 aromatic carbocycles. The van der Waals surface area contributed by atoms with Crippen molar-refractivity contribution in [2.45, 2.75) is 33.1 Å². The molecular formula is C14H20N2O2. The Hall–Kier alpha value is -1.84. The first-order chi connectivity index (χ1) is 8.72. The third kappa shape index (κ3) is 6.03. The van der Waals surface area contributed by atoms with Crippen LogP contribution in [-0.2, 0) is 4.79 Å². The van der Waals surface area contributed by atoms with E-state index in [1.807, 2.05) is 31.2 Å². The number of benzene rings is 1. The van der Waals surface area contributed by atoms with Gasteiger partial charge in [0.15, 0.2) is 6.61 Å². The van der Waals surface area contributed by atoms with Gasteiger partial charge >= 0.3 is 0 Å². The number of ether oxygens (including phenoxy) is 1. The number of nitrogens with zero attached hydrogens (tertiary/aromatic N) is 1. The largest absolute Gasteiger partial charge is 0.484 e. The summed E-state index contributed by atoms with van der Waals surface area (Å²) in [5.74, 6) is 0.448. The Morgan fingerprint density at radius 1 is 1.50 bits per heavy atom. The van der Waals surface area contributed by atoms with Crippen LogP contribution < -0.4 is 10.2 Å². The maximum absolute atomic E-state index is 11.4. The second kappa shape index (κ2) is 8.28. The van der Waals surface area contributed by atoms with Crippen LogP contribution in [0.2, 0.25) is 0 Å². The van der Waals surface area contributed by atoms with Crippen LogP contribution in [-0.4, -0.2) is 18.7 Å². The predicted molar refractivity (Wildman–Crippen MR) is 72.8 cm³/mol. The number of rotatable bonds is 7. The Morgan fingerprint density at radius 2 is 2.33 bits per heavy atom. The second-order valence-corrected chi connectivity index (χ2v) is 4.09. The standard InChI is InChI=1S/C14H20N2O2/c1-3-4-5-9-15-16-14(17)11-18-13-8-6-7-12(2)10-13/h6-10H,3-5,11H2,1-2H3,(H,16,17)/b15-9+. The summed E-state index contributed by atoms with van der Waals surface area (Å²) in [5.41, 5.74) is 3.53. The summed E-state index contributed by atoms with van der Waals surface area (Å²) in [7, 11) is 0. The molecule has 1 rings (SSSR count). The van der Waals surface area contributed by atoms with Crippen LogP contribution in [0.25, 0.3) is 0 Å². The lowest BCUT2D eigenvalue weighted by molar-refractivity contribution is -0.123. The zero-order valence-corrected chi connectivity index (χ0v) is 11.0. The molecule has 0 saturated heterocycles. The van der Waals surface area contributed by atoms with E-state index in [2.05, 4.69) is 17.5 Å². The maximum Gasteiger partial charge on any atom is 0.277 e. The van der Waals surface area contributed by atoms with Gasteiger partial charge in [-0.05, 0) is 37.5 Å². The van der Waals surface area contributed by atoms with Gasteiger partial charge in [-0.1, -0.05) is 25.5 Å². The predicted octanol–water partition coefficient (Wildman–Crippen LogP) is 2.67. The van der Waals surface area contributed by atoms with Crippen LogP contribution in [0.1, 0.15) is 31.7 Å². The van der Waals surface area contributed by atoms with Gasteiger partial charge in [0.1, 0.15) is 5.75 Å². The Kier molecular flexibility index (Phi) is 6.54. The minimum absolute atomic E-state index is 0.0193. The molecule has 0 aliphatic carbocycles. The average molecular weight is 248 g/mol. The van der Waals surface area contributed by atoms with E-state index in [1.54, 1.807) is 6.21 Å². The number of nitrogens with one attached hydrogen (secondary N) is 1. The molecule has 1 aromatic rings. The van der Waals surface area contributed by atoms with E-state index in [0.717, 1.165) is 24.8 Å². The fourth-order valence-electron chi connectivity index (χ4n) is 1.36. The van der Waals surface area contributed by atoms with E-state index in [4.69, 9.17) is 4.74 Å². The van der Waals surface area contributed by atoms with Crippen LogP contribution in [0.4, 0.5) is 0 Å². The number of hydrazone groups is 1. The number of hydrogen-bond acceptors (Lipinski definition) is 3. The number of carbonyl (C=O) groups is 1. The molecule has 0 saturated carbocycles. The van der Waals surface area contributed by atoms with Gasteiger partial charge in [0.2, 0.25) is 0 Å². The minimum Gasteiger partial charge on any atom is -0.484 e. The molecule has 0 atom stereocenters. The highest BCUT2D eigenvalue weighted by Gasteiger charge is 2.00. The molecule has 0 aromatic heterocycles. The van der Waals surface area contributed by atoms with Crippen LogP contribution in [0.15, 0.2) is 29.4 Å². The van der Waals surface area contributed by atoms with E-state index in [1.165, 1.54) is 0 Å². The molecule has 4 nitrogen and oxygen atoms in total. The van der Waals surface area contributed by atoms with Crippen LogP contribution in [0, 0.1) is 6.92 Å². The molecule has 0 radical (unpaired) electrons. The number of unbranched alkanes of at least 4 members (excludes halogenated alkanes) is 2. The second-order valence-electron chi connectivity index (χ2n) is 4.09. The zero-order chi connectivity index (χ0) is 13.2. The summed E-state index contributed by atoms with van der Waals surface area (Å²) in [4.78, 5) is 11.4. The molecule has 1 N–H and O–H groups in total. The van der Waals surface area contributed by atoms with Gasteiger partial charge in [0, 0.05) is 6.21 Å². The molecule has 98 valence electrons. The number of amides is 1. The van der Waals surface area contributed by atoms with Gasteiger partial charge < -0.3 is 4.74 Å². The Bertz CT molecular complexity index is 403. The molecule has 0 aliphatic heterocycles. The number of hydrogen-bond donors (Lipinski definition) is 1. The highest BCUT2D eigenvalue weighted by Crippen LogP contribution is 2.11. The van der Waals surface area contributed by atoms with E-state index >= 15 is 0 Å². The number of carbonyl (C=O) groups excluding carboxylic acids is 1. The number of aryl methyl sites for hydroxylation is 1. The Morgan fingerprint density at radius 3 is 3.06 bits per heavy atom. The topological polar surface area (TPSA) is 50.7 Å². The Labute approximate surface area is 108 Å². The van der Waals surface area contributed by atoms with Gasteiger partial charge in [0.05, 0.1) is 0 Å². The molecule has 0 unspecified atom stereocenters. The van der Waals surface area contributed by atoms with Gasteiger partial charge in [-0.25, -0.2) is 5.43 Å². The van der Waals surface area contributed by atoms with Crippen molar-refractivity contribution in [3.05, 3.63) is 29.8 Å². The fourth-order valence-corrected chi connectivity index (χ4v) is 1.36. The third-order valence-corrected chi connectivity index (χ3v) is 2.33. The summed E-state index contributed by atoms with van der Waals surface area (Å²) in [5, 5.41) is 3.83. The van der Waals surface area contributed by atoms with Gasteiger partial charge in [0.25, 0.3) is 5.91 Å². The maximum atomic E-state index is 11.4. The van der Waals surface area contributed by atoms with Crippen LogP contribution in [0.3, 0.4) is 0 Å². The molecular weight excluding hydrogens is 228 g/mol. The van der Waals surface area contributed by atoms with Crippen molar-refractivity contribution in [2.24, 2.45) is 5.10 Å². The smallest absolute Gasteiger partial charge is 0.277 e. The first-order valence-electron chi connectivity index (χ1n) is 6.22. The van der Waals surface area contributed by atoms with E-state index in [0.29, 0.717) is 5.75 Å². The summed E-state index contributed by atoms with van der Waals surface area (Å²) < 4.78 is 5.34. The minimum atomic E-state index is -0.246. The molecule has 18 heavy (non-hydrogen) atoms. The molecule has 4 heteroatoms. The third-order valence-electron chi connectivity index (χ3n) is 2.33. The fraction of sp³-hybridized carbons (Fsp3) is 0.429. The monoisotopic (exact) mass is 248 g/mol. The zero-order valence-electron chi connectivity index (χ0n) is 11.0. The first-order valence-corrected chi connectivity index (χ1v) is 6.22. The van der Waals surface area contributed by atoms with Crippen molar-refractivity contribution in [1.82, 2.24) is 5.43 Å². The lowest BCUT2D eigenvalue weighted by Crippen LogP contribution is -2.24. The van der Waals surface area contributed by atoms with Crippen molar-refractivity contribution in [3.63, 3.8) is 0 Å². The first kappa shape index (κ1) is 14.2. The normalized spacial score (nSPS) is 10.6. The molecule has 0 bridgehead atoms. The molecule has 1 amide bonds. The van der Waals surface area contributed by atoms with Crippen LogP contribution >= 0.6 is 0 Å².